The molecule has 0 amide bonds. The molecule has 0 aliphatic carbocycles. The Labute approximate surface area is 110 Å². The smallest absolute Gasteiger partial charge is 0.195 e. The van der Waals surface area contributed by atoms with Crippen LogP contribution in [0.1, 0.15) is 37.3 Å². The molecule has 0 radical (unpaired) electrons. The maximum atomic E-state index is 10.9. The Morgan fingerprint density at radius 3 is 3.11 bits per heavy atom. The van der Waals surface area contributed by atoms with Crippen LogP contribution >= 0.6 is 0 Å². The first-order valence-corrected chi connectivity index (χ1v) is 6.17. The third kappa shape index (κ3) is 2.92. The second kappa shape index (κ2) is 6.02. The lowest BCUT2D eigenvalue weighted by atomic mass is 10.1. The molecule has 0 aliphatic rings. The number of hydrogen-bond donors (Lipinski definition) is 0. The molecule has 2 aromatic rings. The number of aryl methyl sites for hydroxylation is 1. The van der Waals surface area contributed by atoms with Crippen LogP contribution in [0.2, 0.25) is 0 Å². The summed E-state index contributed by atoms with van der Waals surface area (Å²) in [6.07, 6.45) is 3.51. The second-order valence-corrected chi connectivity index (χ2v) is 4.22. The van der Waals surface area contributed by atoms with Gasteiger partial charge in [-0.3, -0.25) is 0 Å². The highest BCUT2D eigenvalue weighted by Gasteiger charge is 2.11. The molecule has 1 aromatic carbocycles. The second-order valence-electron chi connectivity index (χ2n) is 4.22. The number of azide groups is 1. The zero-order valence-corrected chi connectivity index (χ0v) is 10.6. The highest BCUT2D eigenvalue weighted by atomic mass is 16.3. The van der Waals surface area contributed by atoms with Crippen molar-refractivity contribution in [2.75, 3.05) is 0 Å². The number of unbranched alkanes of at least 4 members (excludes halogenated alkanes) is 1. The molecule has 1 aromatic heterocycles. The van der Waals surface area contributed by atoms with Crippen molar-refractivity contribution in [1.29, 1.82) is 0 Å². The van der Waals surface area contributed by atoms with E-state index in [1.807, 2.05) is 0 Å². The van der Waals surface area contributed by atoms with E-state index in [2.05, 4.69) is 21.9 Å². The Bertz CT molecular complexity index is 629. The van der Waals surface area contributed by atoms with Crippen LogP contribution < -0.4 is 0 Å². The molecule has 0 saturated heterocycles. The Morgan fingerprint density at radius 2 is 2.42 bits per heavy atom. The minimum absolute atomic E-state index is 0.606. The molecule has 1 heterocycles. The summed E-state index contributed by atoms with van der Waals surface area (Å²) in [5.74, 6) is 0.695. The highest BCUT2D eigenvalue weighted by molar-refractivity contribution is 5.75. The van der Waals surface area contributed by atoms with Crippen LogP contribution in [-0.2, 0) is 11.2 Å². The molecule has 19 heavy (non-hydrogen) atoms. The number of fused-ring (bicyclic) bond motifs is 1. The summed E-state index contributed by atoms with van der Waals surface area (Å²) in [6, 6.07) is 4.37. The van der Waals surface area contributed by atoms with Gasteiger partial charge in [0.15, 0.2) is 11.5 Å². The molecule has 0 aliphatic heterocycles. The number of carbonyl (C=O) groups is 1. The Balaban J connectivity index is 2.34. The first-order chi connectivity index (χ1) is 9.28. The standard InChI is InChI=1S/C13H14N4O2/c1-2-3-4-13-15-10-6-5-9(7-12(10)19-13)11(8-18)16-17-14/h5-8,11H,2-4H2,1H3/t11-/m1/s1. The fraction of sp³-hybridized carbons (Fsp3) is 0.385. The van der Waals surface area contributed by atoms with E-state index in [1.165, 1.54) is 0 Å². The summed E-state index contributed by atoms with van der Waals surface area (Å²) in [5.41, 5.74) is 10.4. The van der Waals surface area contributed by atoms with E-state index in [0.717, 1.165) is 24.8 Å². The number of aromatic nitrogens is 1. The summed E-state index contributed by atoms with van der Waals surface area (Å²) >= 11 is 0. The molecule has 98 valence electrons. The molecule has 0 bridgehead atoms. The monoisotopic (exact) mass is 258 g/mol. The van der Waals surface area contributed by atoms with Gasteiger partial charge in [0.2, 0.25) is 0 Å². The zero-order chi connectivity index (χ0) is 13.7. The number of carbonyl (C=O) groups excluding carboxylic acids is 1. The summed E-state index contributed by atoms with van der Waals surface area (Å²) in [7, 11) is 0. The Kier molecular flexibility index (Phi) is 4.15. The number of oxazole rings is 1. The van der Waals surface area contributed by atoms with Crippen LogP contribution in [0.5, 0.6) is 0 Å². The van der Waals surface area contributed by atoms with Gasteiger partial charge < -0.3 is 9.21 Å². The minimum atomic E-state index is -0.821. The average molecular weight is 258 g/mol. The molecule has 1 atom stereocenters. The minimum Gasteiger partial charge on any atom is -0.441 e. The SMILES string of the molecule is CCCCc1nc2ccc([C@@H](C=O)N=[N+]=[N-])cc2o1. The van der Waals surface area contributed by atoms with Crippen molar-refractivity contribution >= 4 is 17.4 Å². The predicted molar refractivity (Wildman–Crippen MR) is 70.6 cm³/mol. The van der Waals surface area contributed by atoms with E-state index in [-0.39, 0.29) is 0 Å². The zero-order valence-electron chi connectivity index (χ0n) is 10.6. The summed E-state index contributed by atoms with van der Waals surface area (Å²) in [4.78, 5) is 17.9. The molecule has 0 spiro atoms. The highest BCUT2D eigenvalue weighted by Crippen LogP contribution is 2.23. The van der Waals surface area contributed by atoms with Crippen molar-refractivity contribution in [1.82, 2.24) is 4.98 Å². The largest absolute Gasteiger partial charge is 0.441 e. The molecule has 6 nitrogen and oxygen atoms in total. The molecule has 2 rings (SSSR count). The van der Waals surface area contributed by atoms with Crippen molar-refractivity contribution in [3.05, 3.63) is 40.1 Å². The van der Waals surface area contributed by atoms with Crippen molar-refractivity contribution in [3.8, 4) is 0 Å². The quantitative estimate of drug-likeness (QED) is 0.342. The fourth-order valence-electron chi connectivity index (χ4n) is 1.84. The van der Waals surface area contributed by atoms with Crippen molar-refractivity contribution in [2.45, 2.75) is 32.2 Å². The van der Waals surface area contributed by atoms with E-state index in [9.17, 15) is 4.79 Å². The third-order valence-electron chi connectivity index (χ3n) is 2.85. The van der Waals surface area contributed by atoms with Crippen LogP contribution in [0.4, 0.5) is 0 Å². The van der Waals surface area contributed by atoms with Crippen LogP contribution in [-0.4, -0.2) is 11.3 Å². The normalized spacial score (nSPS) is 12.1. The number of benzene rings is 1. The van der Waals surface area contributed by atoms with Crippen LogP contribution in [0.3, 0.4) is 0 Å². The molecule has 6 heteroatoms. The van der Waals surface area contributed by atoms with Gasteiger partial charge in [0.25, 0.3) is 0 Å². The number of hydrogen-bond acceptors (Lipinski definition) is 4. The summed E-state index contributed by atoms with van der Waals surface area (Å²) < 4.78 is 5.62. The topological polar surface area (TPSA) is 91.9 Å². The van der Waals surface area contributed by atoms with Gasteiger partial charge >= 0.3 is 0 Å². The van der Waals surface area contributed by atoms with Crippen LogP contribution in [0.25, 0.3) is 21.5 Å². The fourth-order valence-corrected chi connectivity index (χ4v) is 1.84. The lowest BCUT2D eigenvalue weighted by molar-refractivity contribution is -0.108. The van der Waals surface area contributed by atoms with E-state index in [1.54, 1.807) is 18.2 Å². The maximum Gasteiger partial charge on any atom is 0.195 e. The lowest BCUT2D eigenvalue weighted by Gasteiger charge is -2.01. The number of nitrogens with zero attached hydrogens (tertiary/aromatic N) is 4. The third-order valence-corrected chi connectivity index (χ3v) is 2.85. The van der Waals surface area contributed by atoms with Gasteiger partial charge in [0.05, 0.1) is 0 Å². The molecular formula is C13H14N4O2. The maximum absolute atomic E-state index is 10.9. The first-order valence-electron chi connectivity index (χ1n) is 6.17. The Morgan fingerprint density at radius 1 is 1.58 bits per heavy atom. The van der Waals surface area contributed by atoms with E-state index in [4.69, 9.17) is 9.95 Å². The van der Waals surface area contributed by atoms with Gasteiger partial charge in [-0.15, -0.1) is 0 Å². The predicted octanol–water partition coefficient (Wildman–Crippen LogP) is 3.72. The van der Waals surface area contributed by atoms with Gasteiger partial charge in [-0.1, -0.05) is 24.5 Å². The molecule has 0 unspecified atom stereocenters. The van der Waals surface area contributed by atoms with Crippen molar-refractivity contribution in [2.24, 2.45) is 5.11 Å². The molecular weight excluding hydrogens is 244 g/mol. The first kappa shape index (κ1) is 13.1. The lowest BCUT2D eigenvalue weighted by Crippen LogP contribution is -1.94. The number of rotatable bonds is 6. The van der Waals surface area contributed by atoms with E-state index in [0.29, 0.717) is 23.3 Å². The van der Waals surface area contributed by atoms with Gasteiger partial charge in [0, 0.05) is 11.3 Å². The van der Waals surface area contributed by atoms with Gasteiger partial charge in [0.1, 0.15) is 17.8 Å². The summed E-state index contributed by atoms with van der Waals surface area (Å²) in [5, 5.41) is 3.43. The Hall–Kier alpha value is -2.33. The summed E-state index contributed by atoms with van der Waals surface area (Å²) in [6.45, 7) is 2.11. The van der Waals surface area contributed by atoms with Crippen LogP contribution in [0.15, 0.2) is 27.7 Å². The van der Waals surface area contributed by atoms with Gasteiger partial charge in [-0.2, -0.15) is 0 Å². The molecule has 0 saturated carbocycles. The number of aldehydes is 1. The molecule has 0 N–H and O–H groups in total. The van der Waals surface area contributed by atoms with Crippen molar-refractivity contribution < 1.29 is 9.21 Å². The van der Waals surface area contributed by atoms with Crippen molar-refractivity contribution in [3.63, 3.8) is 0 Å². The molecule has 0 fully saturated rings. The van der Waals surface area contributed by atoms with Gasteiger partial charge in [-0.05, 0) is 29.6 Å². The van der Waals surface area contributed by atoms with E-state index >= 15 is 0 Å². The van der Waals surface area contributed by atoms with Gasteiger partial charge in [-0.25, -0.2) is 4.98 Å². The average Bonchev–Trinajstić information content (AvgIpc) is 2.84. The van der Waals surface area contributed by atoms with E-state index < -0.39 is 6.04 Å². The van der Waals surface area contributed by atoms with Crippen LogP contribution in [0, 0.1) is 0 Å².